The zero-order valence-electron chi connectivity index (χ0n) is 11.7. The first-order valence-electron chi connectivity index (χ1n) is 7.07. The van der Waals surface area contributed by atoms with Crippen LogP contribution in [-0.4, -0.2) is 29.7 Å². The van der Waals surface area contributed by atoms with Crippen molar-refractivity contribution in [3.63, 3.8) is 0 Å². The monoisotopic (exact) mass is 295 g/mol. The molecule has 1 saturated heterocycles. The minimum atomic E-state index is -0.589. The lowest BCUT2D eigenvalue weighted by Crippen LogP contribution is -2.69. The Labute approximate surface area is 121 Å². The SMILES string of the molecule is Cc1cc(NC2C(N)C3CCCOC32)c([N+](=O)[O-])cc1F. The molecule has 114 valence electrons. The third-order valence-corrected chi connectivity index (χ3v) is 4.47. The highest BCUT2D eigenvalue weighted by molar-refractivity contribution is 5.64. The van der Waals surface area contributed by atoms with Gasteiger partial charge in [0, 0.05) is 18.6 Å². The summed E-state index contributed by atoms with van der Waals surface area (Å²) in [6.45, 7) is 2.27. The minimum Gasteiger partial charge on any atom is -0.376 e. The molecule has 0 bridgehead atoms. The Hall–Kier alpha value is -1.73. The van der Waals surface area contributed by atoms with Crippen LogP contribution in [0.1, 0.15) is 18.4 Å². The van der Waals surface area contributed by atoms with E-state index in [2.05, 4.69) is 5.32 Å². The van der Waals surface area contributed by atoms with Crippen LogP contribution >= 0.6 is 0 Å². The fourth-order valence-electron chi connectivity index (χ4n) is 3.24. The highest BCUT2D eigenvalue weighted by Gasteiger charge is 2.50. The van der Waals surface area contributed by atoms with Gasteiger partial charge in [-0.2, -0.15) is 0 Å². The molecule has 3 rings (SSSR count). The van der Waals surface area contributed by atoms with Gasteiger partial charge in [0.1, 0.15) is 11.5 Å². The van der Waals surface area contributed by atoms with Gasteiger partial charge in [-0.3, -0.25) is 10.1 Å². The molecule has 0 aromatic heterocycles. The number of nitrogens with two attached hydrogens (primary N) is 1. The Balaban J connectivity index is 1.84. The maximum absolute atomic E-state index is 13.5. The molecule has 1 saturated carbocycles. The van der Waals surface area contributed by atoms with Gasteiger partial charge in [-0.05, 0) is 31.4 Å². The van der Waals surface area contributed by atoms with Gasteiger partial charge in [-0.15, -0.1) is 0 Å². The molecule has 1 aromatic rings. The van der Waals surface area contributed by atoms with Crippen molar-refractivity contribution in [2.24, 2.45) is 11.7 Å². The Morgan fingerprint density at radius 2 is 2.29 bits per heavy atom. The summed E-state index contributed by atoms with van der Waals surface area (Å²) in [5.74, 6) is -0.284. The minimum absolute atomic E-state index is 0.0151. The molecule has 4 atom stereocenters. The largest absolute Gasteiger partial charge is 0.376 e. The Morgan fingerprint density at radius 3 is 3.00 bits per heavy atom. The van der Waals surface area contributed by atoms with Crippen molar-refractivity contribution in [3.8, 4) is 0 Å². The number of hydrogen-bond donors (Lipinski definition) is 2. The molecule has 3 N–H and O–H groups in total. The second-order valence-electron chi connectivity index (χ2n) is 5.76. The van der Waals surface area contributed by atoms with E-state index in [1.165, 1.54) is 6.07 Å². The van der Waals surface area contributed by atoms with Crippen LogP contribution in [0, 0.1) is 28.8 Å². The van der Waals surface area contributed by atoms with Crippen molar-refractivity contribution in [1.29, 1.82) is 0 Å². The fourth-order valence-corrected chi connectivity index (χ4v) is 3.24. The normalized spacial score (nSPS) is 31.2. The van der Waals surface area contributed by atoms with Crippen LogP contribution in [0.2, 0.25) is 0 Å². The van der Waals surface area contributed by atoms with Crippen LogP contribution < -0.4 is 11.1 Å². The number of benzene rings is 1. The standard InChI is InChI=1S/C14H18FN3O3/c1-7-5-10(11(18(19)20)6-9(7)15)17-13-12(16)8-3-2-4-21-14(8)13/h5-6,8,12-14,17H,2-4,16H2,1H3. The van der Waals surface area contributed by atoms with Gasteiger partial charge >= 0.3 is 0 Å². The van der Waals surface area contributed by atoms with Crippen LogP contribution in [-0.2, 0) is 4.74 Å². The third-order valence-electron chi connectivity index (χ3n) is 4.47. The lowest BCUT2D eigenvalue weighted by Gasteiger charge is -2.52. The van der Waals surface area contributed by atoms with E-state index in [4.69, 9.17) is 10.5 Å². The molecule has 1 aliphatic carbocycles. The quantitative estimate of drug-likeness (QED) is 0.657. The predicted octanol–water partition coefficient (Wildman–Crippen LogP) is 1.96. The highest BCUT2D eigenvalue weighted by atomic mass is 19.1. The zero-order valence-corrected chi connectivity index (χ0v) is 11.7. The molecule has 1 heterocycles. The van der Waals surface area contributed by atoms with Crippen molar-refractivity contribution >= 4 is 11.4 Å². The average molecular weight is 295 g/mol. The van der Waals surface area contributed by atoms with Crippen LogP contribution in [0.15, 0.2) is 12.1 Å². The van der Waals surface area contributed by atoms with E-state index in [1.54, 1.807) is 6.92 Å². The molecule has 0 amide bonds. The van der Waals surface area contributed by atoms with Crippen LogP contribution in [0.3, 0.4) is 0 Å². The summed E-state index contributed by atoms with van der Waals surface area (Å²) in [5.41, 5.74) is 6.52. The van der Waals surface area contributed by atoms with Crippen molar-refractivity contribution in [1.82, 2.24) is 0 Å². The summed E-state index contributed by atoms with van der Waals surface area (Å²) < 4.78 is 19.2. The molecule has 2 aliphatic rings. The Morgan fingerprint density at radius 1 is 1.52 bits per heavy atom. The Bertz CT molecular complexity index is 581. The first-order chi connectivity index (χ1) is 9.99. The lowest BCUT2D eigenvalue weighted by atomic mass is 9.68. The molecular weight excluding hydrogens is 277 g/mol. The molecule has 2 fully saturated rings. The van der Waals surface area contributed by atoms with E-state index in [0.29, 0.717) is 23.8 Å². The van der Waals surface area contributed by atoms with Crippen molar-refractivity contribution in [3.05, 3.63) is 33.6 Å². The average Bonchev–Trinajstić information content (AvgIpc) is 2.47. The van der Waals surface area contributed by atoms with Gasteiger partial charge in [-0.25, -0.2) is 4.39 Å². The van der Waals surface area contributed by atoms with Crippen LogP contribution in [0.5, 0.6) is 0 Å². The highest BCUT2D eigenvalue weighted by Crippen LogP contribution is 2.40. The summed E-state index contributed by atoms with van der Waals surface area (Å²) >= 11 is 0. The molecule has 6 nitrogen and oxygen atoms in total. The number of halogens is 1. The number of hydrogen-bond acceptors (Lipinski definition) is 5. The molecule has 7 heteroatoms. The summed E-state index contributed by atoms with van der Waals surface area (Å²) in [5, 5.41) is 14.2. The van der Waals surface area contributed by atoms with E-state index in [9.17, 15) is 14.5 Å². The topological polar surface area (TPSA) is 90.4 Å². The Kier molecular flexibility index (Phi) is 3.54. The fraction of sp³-hybridized carbons (Fsp3) is 0.571. The van der Waals surface area contributed by atoms with Gasteiger partial charge in [-0.1, -0.05) is 0 Å². The molecular formula is C14H18FN3O3. The number of fused-ring (bicyclic) bond motifs is 1. The number of nitro benzene ring substituents is 1. The summed E-state index contributed by atoms with van der Waals surface area (Å²) in [6.07, 6.45) is 2.00. The summed E-state index contributed by atoms with van der Waals surface area (Å²) in [4.78, 5) is 10.5. The first kappa shape index (κ1) is 14.2. The smallest absolute Gasteiger partial charge is 0.295 e. The molecule has 1 aromatic carbocycles. The van der Waals surface area contributed by atoms with E-state index >= 15 is 0 Å². The first-order valence-corrected chi connectivity index (χ1v) is 7.07. The molecule has 1 aliphatic heterocycles. The summed E-state index contributed by atoms with van der Waals surface area (Å²) in [6, 6.07) is 2.14. The number of nitrogens with zero attached hydrogens (tertiary/aromatic N) is 1. The number of ether oxygens (including phenoxy) is 1. The van der Waals surface area contributed by atoms with Gasteiger partial charge in [0.15, 0.2) is 0 Å². The predicted molar refractivity (Wildman–Crippen MR) is 75.6 cm³/mol. The van der Waals surface area contributed by atoms with Crippen molar-refractivity contribution < 1.29 is 14.1 Å². The number of nitro groups is 1. The number of nitrogens with one attached hydrogen (secondary N) is 1. The number of anilines is 1. The number of aryl methyl sites for hydroxylation is 1. The second-order valence-corrected chi connectivity index (χ2v) is 5.76. The van der Waals surface area contributed by atoms with Crippen LogP contribution in [0.4, 0.5) is 15.8 Å². The zero-order chi connectivity index (χ0) is 15.1. The van der Waals surface area contributed by atoms with Crippen molar-refractivity contribution in [2.45, 2.75) is 38.0 Å². The molecule has 21 heavy (non-hydrogen) atoms. The van der Waals surface area contributed by atoms with E-state index in [0.717, 1.165) is 18.9 Å². The third kappa shape index (κ3) is 2.36. The molecule has 0 spiro atoms. The molecule has 0 radical (unpaired) electrons. The summed E-state index contributed by atoms with van der Waals surface area (Å²) in [7, 11) is 0. The maximum Gasteiger partial charge on any atom is 0.295 e. The number of rotatable bonds is 3. The van der Waals surface area contributed by atoms with E-state index in [1.807, 2.05) is 0 Å². The molecule has 4 unspecified atom stereocenters. The second kappa shape index (κ2) is 5.23. The van der Waals surface area contributed by atoms with Crippen LogP contribution in [0.25, 0.3) is 0 Å². The van der Waals surface area contributed by atoms with Gasteiger partial charge in [0.05, 0.1) is 23.1 Å². The van der Waals surface area contributed by atoms with Gasteiger partial charge in [0.25, 0.3) is 5.69 Å². The van der Waals surface area contributed by atoms with Gasteiger partial charge < -0.3 is 15.8 Å². The maximum atomic E-state index is 13.5. The van der Waals surface area contributed by atoms with E-state index in [-0.39, 0.29) is 23.9 Å². The lowest BCUT2D eigenvalue weighted by molar-refractivity contribution is -0.384. The van der Waals surface area contributed by atoms with E-state index < -0.39 is 10.7 Å². The van der Waals surface area contributed by atoms with Crippen molar-refractivity contribution in [2.75, 3.05) is 11.9 Å². The van der Waals surface area contributed by atoms with Gasteiger partial charge in [0.2, 0.25) is 0 Å².